The number of fused-ring (bicyclic) bond motifs is 2. The van der Waals surface area contributed by atoms with Gasteiger partial charge in [0.25, 0.3) is 0 Å². The van der Waals surface area contributed by atoms with Crippen LogP contribution in [0.3, 0.4) is 0 Å². The van der Waals surface area contributed by atoms with E-state index in [1.165, 1.54) is 11.1 Å². The van der Waals surface area contributed by atoms with Crippen molar-refractivity contribution in [2.45, 2.75) is 37.7 Å². The second kappa shape index (κ2) is 4.63. The van der Waals surface area contributed by atoms with Crippen LogP contribution in [0.15, 0.2) is 18.2 Å². The van der Waals surface area contributed by atoms with Gasteiger partial charge in [-0.3, -0.25) is 0 Å². The van der Waals surface area contributed by atoms with Crippen molar-refractivity contribution in [3.8, 4) is 0 Å². The number of rotatable bonds is 2. The van der Waals surface area contributed by atoms with Crippen molar-refractivity contribution in [2.24, 2.45) is 0 Å². The molecule has 98 valence electrons. The summed E-state index contributed by atoms with van der Waals surface area (Å²) in [5.74, 6) is -0.121. The maximum absolute atomic E-state index is 13.6. The summed E-state index contributed by atoms with van der Waals surface area (Å²) in [6.45, 7) is 4.79. The van der Waals surface area contributed by atoms with Gasteiger partial charge in [0.15, 0.2) is 0 Å². The first-order valence-electron chi connectivity index (χ1n) is 6.87. The Bertz CT molecular complexity index is 440. The molecule has 1 saturated heterocycles. The zero-order chi connectivity index (χ0) is 12.6. The average Bonchev–Trinajstić information content (AvgIpc) is 2.65. The van der Waals surface area contributed by atoms with Gasteiger partial charge in [-0.25, -0.2) is 4.39 Å². The Kier molecular flexibility index (Phi) is 3.12. The molecule has 1 spiro atoms. The summed E-state index contributed by atoms with van der Waals surface area (Å²) in [7, 11) is 0. The van der Waals surface area contributed by atoms with Crippen LogP contribution < -0.4 is 5.32 Å². The Morgan fingerprint density at radius 2 is 2.17 bits per heavy atom. The lowest BCUT2D eigenvalue weighted by Crippen LogP contribution is -2.38. The third-order valence-electron chi connectivity index (χ3n) is 4.44. The molecule has 0 radical (unpaired) electrons. The molecular formula is C15H20FNO. The van der Waals surface area contributed by atoms with E-state index < -0.39 is 0 Å². The van der Waals surface area contributed by atoms with Gasteiger partial charge in [0.05, 0.1) is 6.10 Å². The number of benzene rings is 1. The lowest BCUT2D eigenvalue weighted by Gasteiger charge is -2.35. The van der Waals surface area contributed by atoms with Crippen LogP contribution in [0.4, 0.5) is 4.39 Å². The first-order chi connectivity index (χ1) is 8.75. The summed E-state index contributed by atoms with van der Waals surface area (Å²) in [4.78, 5) is 0. The number of piperidine rings is 1. The van der Waals surface area contributed by atoms with Crippen molar-refractivity contribution in [2.75, 3.05) is 19.7 Å². The van der Waals surface area contributed by atoms with Crippen LogP contribution in [-0.2, 0) is 10.2 Å². The van der Waals surface area contributed by atoms with Gasteiger partial charge < -0.3 is 10.1 Å². The summed E-state index contributed by atoms with van der Waals surface area (Å²) < 4.78 is 19.4. The number of hydrogen-bond donors (Lipinski definition) is 1. The fourth-order valence-corrected chi connectivity index (χ4v) is 3.57. The minimum absolute atomic E-state index is 0.121. The molecule has 1 N–H and O–H groups in total. The lowest BCUT2D eigenvalue weighted by atomic mass is 9.74. The molecule has 0 amide bonds. The van der Waals surface area contributed by atoms with E-state index in [2.05, 4.69) is 5.32 Å². The van der Waals surface area contributed by atoms with Crippen LogP contribution in [0, 0.1) is 5.82 Å². The third-order valence-corrected chi connectivity index (χ3v) is 4.44. The predicted octanol–water partition coefficient (Wildman–Crippen LogP) is 2.93. The summed E-state index contributed by atoms with van der Waals surface area (Å²) in [6.07, 6.45) is 3.35. The molecule has 1 fully saturated rings. The average molecular weight is 249 g/mol. The van der Waals surface area contributed by atoms with Crippen molar-refractivity contribution in [3.63, 3.8) is 0 Å². The van der Waals surface area contributed by atoms with Crippen molar-refractivity contribution >= 4 is 0 Å². The van der Waals surface area contributed by atoms with Crippen LogP contribution >= 0.6 is 0 Å². The summed E-state index contributed by atoms with van der Waals surface area (Å²) in [6, 6.07) is 5.21. The normalized spacial score (nSPS) is 25.3. The van der Waals surface area contributed by atoms with Gasteiger partial charge in [-0.2, -0.15) is 0 Å². The molecule has 0 aromatic heterocycles. The first kappa shape index (κ1) is 12.1. The Labute approximate surface area is 108 Å². The first-order valence-corrected chi connectivity index (χ1v) is 6.87. The minimum atomic E-state index is -0.121. The van der Waals surface area contributed by atoms with E-state index in [4.69, 9.17) is 4.74 Å². The van der Waals surface area contributed by atoms with Gasteiger partial charge in [-0.05, 0) is 62.5 Å². The molecule has 18 heavy (non-hydrogen) atoms. The molecular weight excluding hydrogens is 229 g/mol. The molecule has 1 aliphatic heterocycles. The Morgan fingerprint density at radius 3 is 2.89 bits per heavy atom. The van der Waals surface area contributed by atoms with E-state index in [1.54, 1.807) is 12.1 Å². The molecule has 2 nitrogen and oxygen atoms in total. The van der Waals surface area contributed by atoms with Crippen LogP contribution in [-0.4, -0.2) is 19.7 Å². The minimum Gasteiger partial charge on any atom is -0.374 e. The van der Waals surface area contributed by atoms with E-state index in [0.717, 1.165) is 39.0 Å². The van der Waals surface area contributed by atoms with E-state index in [9.17, 15) is 4.39 Å². The Hall–Kier alpha value is -0.930. The fourth-order valence-electron chi connectivity index (χ4n) is 3.57. The van der Waals surface area contributed by atoms with E-state index in [0.29, 0.717) is 0 Å². The molecule has 1 aromatic rings. The van der Waals surface area contributed by atoms with Gasteiger partial charge >= 0.3 is 0 Å². The molecule has 1 aliphatic carbocycles. The van der Waals surface area contributed by atoms with Crippen molar-refractivity contribution in [3.05, 3.63) is 35.1 Å². The van der Waals surface area contributed by atoms with Crippen LogP contribution in [0.2, 0.25) is 0 Å². The maximum Gasteiger partial charge on any atom is 0.123 e. The van der Waals surface area contributed by atoms with Crippen LogP contribution in [0.5, 0.6) is 0 Å². The highest BCUT2D eigenvalue weighted by molar-refractivity contribution is 5.42. The summed E-state index contributed by atoms with van der Waals surface area (Å²) in [5, 5.41) is 3.39. The molecule has 1 heterocycles. The van der Waals surface area contributed by atoms with E-state index >= 15 is 0 Å². The molecule has 1 atom stereocenters. The van der Waals surface area contributed by atoms with Gasteiger partial charge in [0.2, 0.25) is 0 Å². The molecule has 1 aromatic carbocycles. The van der Waals surface area contributed by atoms with Gasteiger partial charge in [0, 0.05) is 12.0 Å². The summed E-state index contributed by atoms with van der Waals surface area (Å²) >= 11 is 0. The second-order valence-corrected chi connectivity index (χ2v) is 5.41. The second-order valence-electron chi connectivity index (χ2n) is 5.41. The third kappa shape index (κ3) is 1.86. The molecule has 0 unspecified atom stereocenters. The van der Waals surface area contributed by atoms with Gasteiger partial charge in [0.1, 0.15) is 5.82 Å². The SMILES string of the molecule is CCO[C@@H]1CC2(CCNCC2)c2cc(F)ccc21. The molecule has 2 aliphatic rings. The molecule has 3 heteroatoms. The topological polar surface area (TPSA) is 21.3 Å². The quantitative estimate of drug-likeness (QED) is 0.870. The zero-order valence-electron chi connectivity index (χ0n) is 10.8. The maximum atomic E-state index is 13.6. The van der Waals surface area contributed by atoms with Crippen LogP contribution in [0.25, 0.3) is 0 Å². The number of nitrogens with one attached hydrogen (secondary N) is 1. The smallest absolute Gasteiger partial charge is 0.123 e. The van der Waals surface area contributed by atoms with E-state index in [1.807, 2.05) is 13.0 Å². The van der Waals surface area contributed by atoms with Gasteiger partial charge in [-0.15, -0.1) is 0 Å². The highest BCUT2D eigenvalue weighted by Crippen LogP contribution is 2.51. The van der Waals surface area contributed by atoms with Crippen molar-refractivity contribution in [1.29, 1.82) is 0 Å². The fraction of sp³-hybridized carbons (Fsp3) is 0.600. The predicted molar refractivity (Wildman–Crippen MR) is 69.2 cm³/mol. The highest BCUT2D eigenvalue weighted by Gasteiger charge is 2.44. The number of hydrogen-bond acceptors (Lipinski definition) is 2. The largest absolute Gasteiger partial charge is 0.374 e. The zero-order valence-corrected chi connectivity index (χ0v) is 10.8. The Morgan fingerprint density at radius 1 is 1.39 bits per heavy atom. The molecule has 3 rings (SSSR count). The van der Waals surface area contributed by atoms with Gasteiger partial charge in [-0.1, -0.05) is 6.07 Å². The number of halogens is 1. The highest BCUT2D eigenvalue weighted by atomic mass is 19.1. The Balaban J connectivity index is 2.02. The van der Waals surface area contributed by atoms with Crippen LogP contribution in [0.1, 0.15) is 43.4 Å². The summed E-state index contributed by atoms with van der Waals surface area (Å²) in [5.41, 5.74) is 2.55. The molecule has 0 saturated carbocycles. The standard InChI is InChI=1S/C15H20FNO/c1-2-18-14-10-15(5-7-17-8-6-15)13-9-11(16)3-4-12(13)14/h3-4,9,14,17H,2,5-8,10H2,1H3/t14-/m1/s1. The molecule has 0 bridgehead atoms. The van der Waals surface area contributed by atoms with Crippen molar-refractivity contribution < 1.29 is 9.13 Å². The monoisotopic (exact) mass is 249 g/mol. The number of ether oxygens (including phenoxy) is 1. The van der Waals surface area contributed by atoms with Crippen molar-refractivity contribution in [1.82, 2.24) is 5.32 Å². The lowest BCUT2D eigenvalue weighted by molar-refractivity contribution is 0.0474. The van der Waals surface area contributed by atoms with E-state index in [-0.39, 0.29) is 17.3 Å².